The Morgan fingerprint density at radius 1 is 1.42 bits per heavy atom. The summed E-state index contributed by atoms with van der Waals surface area (Å²) in [5.41, 5.74) is 0.539. The highest BCUT2D eigenvalue weighted by molar-refractivity contribution is 7.99. The summed E-state index contributed by atoms with van der Waals surface area (Å²) in [5.74, 6) is 0.854. The molecule has 1 aliphatic rings. The first-order valence-corrected chi connectivity index (χ1v) is 7.61. The normalized spacial score (nSPS) is 15.7. The third-order valence-corrected chi connectivity index (χ3v) is 4.13. The lowest BCUT2D eigenvalue weighted by molar-refractivity contribution is 0.0247. The summed E-state index contributed by atoms with van der Waals surface area (Å²) in [5, 5.41) is 0.709. The molecule has 0 radical (unpaired) electrons. The summed E-state index contributed by atoms with van der Waals surface area (Å²) in [6, 6.07) is 5.85. The number of benzene rings is 1. The van der Waals surface area contributed by atoms with E-state index in [4.69, 9.17) is 16.3 Å². The lowest BCUT2D eigenvalue weighted by Crippen LogP contribution is -2.37. The van der Waals surface area contributed by atoms with E-state index in [9.17, 15) is 4.79 Å². The molecule has 0 unspecified atom stereocenters. The Bertz CT molecular complexity index is 485. The SMILES string of the molecule is CC(C)(C)OC(=O)N1CCSc2cccc(Cl)c2C1. The quantitative estimate of drug-likeness (QED) is 0.719. The van der Waals surface area contributed by atoms with Gasteiger partial charge >= 0.3 is 6.09 Å². The number of carbonyl (C=O) groups is 1. The topological polar surface area (TPSA) is 29.5 Å². The Morgan fingerprint density at radius 2 is 2.16 bits per heavy atom. The lowest BCUT2D eigenvalue weighted by atomic mass is 10.2. The Morgan fingerprint density at radius 3 is 2.84 bits per heavy atom. The van der Waals surface area contributed by atoms with Crippen LogP contribution in [-0.2, 0) is 11.3 Å². The molecule has 19 heavy (non-hydrogen) atoms. The molecule has 1 aliphatic heterocycles. The first-order chi connectivity index (χ1) is 8.87. The predicted octanol–water partition coefficient (Wildman–Crippen LogP) is 4.18. The van der Waals surface area contributed by atoms with Crippen LogP contribution in [-0.4, -0.2) is 28.9 Å². The second-order valence-electron chi connectivity index (χ2n) is 5.47. The van der Waals surface area contributed by atoms with Gasteiger partial charge in [-0.05, 0) is 32.9 Å². The van der Waals surface area contributed by atoms with Gasteiger partial charge < -0.3 is 9.64 Å². The van der Waals surface area contributed by atoms with Gasteiger partial charge in [0.2, 0.25) is 0 Å². The summed E-state index contributed by atoms with van der Waals surface area (Å²) in [4.78, 5) is 15.0. The second kappa shape index (κ2) is 5.63. The fourth-order valence-corrected chi connectivity index (χ4v) is 3.19. The van der Waals surface area contributed by atoms with E-state index in [-0.39, 0.29) is 6.09 Å². The first kappa shape index (κ1) is 14.5. The number of amides is 1. The van der Waals surface area contributed by atoms with Crippen molar-refractivity contribution in [3.05, 3.63) is 28.8 Å². The molecule has 1 heterocycles. The Balaban J connectivity index is 2.18. The van der Waals surface area contributed by atoms with Crippen LogP contribution in [0.5, 0.6) is 0 Å². The fourth-order valence-electron chi connectivity index (χ4n) is 1.85. The molecule has 0 spiro atoms. The van der Waals surface area contributed by atoms with Crippen LogP contribution in [0, 0.1) is 0 Å². The summed E-state index contributed by atoms with van der Waals surface area (Å²) in [6.07, 6.45) is -0.277. The van der Waals surface area contributed by atoms with E-state index in [0.717, 1.165) is 16.2 Å². The third kappa shape index (κ3) is 3.80. The maximum absolute atomic E-state index is 12.1. The Hall–Kier alpha value is -0.870. The number of ether oxygens (including phenoxy) is 1. The van der Waals surface area contributed by atoms with E-state index < -0.39 is 5.60 Å². The molecule has 104 valence electrons. The first-order valence-electron chi connectivity index (χ1n) is 6.25. The zero-order valence-corrected chi connectivity index (χ0v) is 13.0. The van der Waals surface area contributed by atoms with Gasteiger partial charge in [-0.1, -0.05) is 17.7 Å². The Kier molecular flexibility index (Phi) is 4.31. The van der Waals surface area contributed by atoms with Crippen molar-refractivity contribution in [2.45, 2.75) is 37.8 Å². The van der Waals surface area contributed by atoms with Gasteiger partial charge in [0.25, 0.3) is 0 Å². The monoisotopic (exact) mass is 299 g/mol. The van der Waals surface area contributed by atoms with Gasteiger partial charge in [-0.3, -0.25) is 0 Å². The van der Waals surface area contributed by atoms with Crippen LogP contribution >= 0.6 is 23.4 Å². The van der Waals surface area contributed by atoms with E-state index >= 15 is 0 Å². The van der Waals surface area contributed by atoms with Gasteiger partial charge in [-0.2, -0.15) is 0 Å². The Labute approximate surface area is 123 Å². The van der Waals surface area contributed by atoms with Gasteiger partial charge in [0.1, 0.15) is 5.60 Å². The molecule has 0 aromatic heterocycles. The van der Waals surface area contributed by atoms with Crippen LogP contribution in [0.3, 0.4) is 0 Å². The predicted molar refractivity (Wildman–Crippen MR) is 78.8 cm³/mol. The largest absolute Gasteiger partial charge is 0.444 e. The van der Waals surface area contributed by atoms with Gasteiger partial charge in [0, 0.05) is 27.8 Å². The van der Waals surface area contributed by atoms with E-state index in [2.05, 4.69) is 0 Å². The zero-order chi connectivity index (χ0) is 14.0. The maximum atomic E-state index is 12.1. The van der Waals surface area contributed by atoms with Crippen molar-refractivity contribution in [1.82, 2.24) is 4.90 Å². The third-order valence-electron chi connectivity index (χ3n) is 2.70. The summed E-state index contributed by atoms with van der Waals surface area (Å²) >= 11 is 7.95. The van der Waals surface area contributed by atoms with E-state index in [1.807, 2.05) is 39.0 Å². The van der Waals surface area contributed by atoms with Crippen molar-refractivity contribution in [3.8, 4) is 0 Å². The maximum Gasteiger partial charge on any atom is 0.410 e. The number of hydrogen-bond donors (Lipinski definition) is 0. The standard InChI is InChI=1S/C14H18ClNO2S/c1-14(2,3)18-13(17)16-7-8-19-12-6-4-5-11(15)10(12)9-16/h4-6H,7-9H2,1-3H3. The molecule has 3 nitrogen and oxygen atoms in total. The fraction of sp³-hybridized carbons (Fsp3) is 0.500. The molecule has 0 fully saturated rings. The van der Waals surface area contributed by atoms with Crippen LogP contribution in [0.1, 0.15) is 26.3 Å². The van der Waals surface area contributed by atoms with Crippen molar-refractivity contribution < 1.29 is 9.53 Å². The van der Waals surface area contributed by atoms with E-state index in [0.29, 0.717) is 18.1 Å². The molecule has 0 aliphatic carbocycles. The average Bonchev–Trinajstić information content (AvgIpc) is 2.50. The number of fused-ring (bicyclic) bond motifs is 1. The number of thioether (sulfide) groups is 1. The number of carbonyl (C=O) groups excluding carboxylic acids is 1. The van der Waals surface area contributed by atoms with Crippen molar-refractivity contribution >= 4 is 29.5 Å². The molecular weight excluding hydrogens is 282 g/mol. The minimum absolute atomic E-state index is 0.277. The summed E-state index contributed by atoms with van der Waals surface area (Å²) in [6.45, 7) is 6.80. The number of rotatable bonds is 0. The van der Waals surface area contributed by atoms with Crippen molar-refractivity contribution in [3.63, 3.8) is 0 Å². The van der Waals surface area contributed by atoms with Crippen molar-refractivity contribution in [2.75, 3.05) is 12.3 Å². The second-order valence-corrected chi connectivity index (χ2v) is 7.01. The van der Waals surface area contributed by atoms with Crippen LogP contribution in [0.4, 0.5) is 4.79 Å². The highest BCUT2D eigenvalue weighted by atomic mass is 35.5. The smallest absolute Gasteiger partial charge is 0.410 e. The lowest BCUT2D eigenvalue weighted by Gasteiger charge is -2.26. The molecule has 5 heteroatoms. The molecule has 0 atom stereocenters. The highest BCUT2D eigenvalue weighted by Crippen LogP contribution is 2.32. The van der Waals surface area contributed by atoms with Gasteiger partial charge in [-0.15, -0.1) is 11.8 Å². The van der Waals surface area contributed by atoms with Crippen LogP contribution in [0.25, 0.3) is 0 Å². The molecule has 2 rings (SSSR count). The van der Waals surface area contributed by atoms with Crippen molar-refractivity contribution in [2.24, 2.45) is 0 Å². The van der Waals surface area contributed by atoms with Gasteiger partial charge in [0.05, 0.1) is 6.54 Å². The number of nitrogens with zero attached hydrogens (tertiary/aromatic N) is 1. The van der Waals surface area contributed by atoms with Crippen LogP contribution in [0.15, 0.2) is 23.1 Å². The van der Waals surface area contributed by atoms with Crippen LogP contribution in [0.2, 0.25) is 5.02 Å². The molecule has 1 amide bonds. The molecule has 0 bridgehead atoms. The molecule has 0 saturated carbocycles. The van der Waals surface area contributed by atoms with Crippen LogP contribution < -0.4 is 0 Å². The molecule has 0 N–H and O–H groups in total. The van der Waals surface area contributed by atoms with Gasteiger partial charge in [-0.25, -0.2) is 4.79 Å². The van der Waals surface area contributed by atoms with E-state index in [1.54, 1.807) is 16.7 Å². The molecule has 1 aromatic rings. The van der Waals surface area contributed by atoms with E-state index in [1.165, 1.54) is 0 Å². The minimum atomic E-state index is -0.472. The van der Waals surface area contributed by atoms with Crippen molar-refractivity contribution in [1.29, 1.82) is 0 Å². The molecule has 1 aromatic carbocycles. The minimum Gasteiger partial charge on any atom is -0.444 e. The molecule has 0 saturated heterocycles. The number of hydrogen-bond acceptors (Lipinski definition) is 3. The molecular formula is C14H18ClNO2S. The highest BCUT2D eigenvalue weighted by Gasteiger charge is 2.25. The zero-order valence-electron chi connectivity index (χ0n) is 11.4. The average molecular weight is 300 g/mol. The van der Waals surface area contributed by atoms with Gasteiger partial charge in [0.15, 0.2) is 0 Å². The summed E-state index contributed by atoms with van der Waals surface area (Å²) < 4.78 is 5.42. The number of halogens is 1. The summed E-state index contributed by atoms with van der Waals surface area (Å²) in [7, 11) is 0.